The van der Waals surface area contributed by atoms with Crippen LogP contribution in [0.25, 0.3) is 10.2 Å². The van der Waals surface area contributed by atoms with E-state index < -0.39 is 0 Å². The van der Waals surface area contributed by atoms with Gasteiger partial charge in [0.2, 0.25) is 0 Å². The van der Waals surface area contributed by atoms with E-state index in [4.69, 9.17) is 11.0 Å². The van der Waals surface area contributed by atoms with E-state index >= 15 is 0 Å². The van der Waals surface area contributed by atoms with Crippen LogP contribution >= 0.6 is 23.1 Å². The van der Waals surface area contributed by atoms with Gasteiger partial charge in [0.15, 0.2) is 0 Å². The summed E-state index contributed by atoms with van der Waals surface area (Å²) in [7, 11) is 0. The SMILES string of the molecule is Cc1c(C[C@@H](N)CC#N)sc2c(NCC3=CCC=CS3)cnnc12. The van der Waals surface area contributed by atoms with Crippen LogP contribution in [0.5, 0.6) is 0 Å². The van der Waals surface area contributed by atoms with Crippen LogP contribution in [0.3, 0.4) is 0 Å². The van der Waals surface area contributed by atoms with Crippen molar-refractivity contribution in [2.24, 2.45) is 5.73 Å². The van der Waals surface area contributed by atoms with Crippen molar-refractivity contribution < 1.29 is 0 Å². The standard InChI is InChI=1S/C17H19N5S2/c1-11-15(8-12(19)5-6-18)24-17-14(10-21-22-16(11)17)20-9-13-4-2-3-7-23-13/h3-4,7,10,12H,2,5,8-9,19H2,1H3,(H,20,22)/t12-/m0/s1. The summed E-state index contributed by atoms with van der Waals surface area (Å²) in [6, 6.07) is 2.00. The summed E-state index contributed by atoms with van der Waals surface area (Å²) in [5, 5.41) is 22.8. The number of rotatable bonds is 6. The maximum Gasteiger partial charge on any atom is 0.109 e. The van der Waals surface area contributed by atoms with E-state index in [0.29, 0.717) is 12.8 Å². The molecule has 0 spiro atoms. The molecule has 5 nitrogen and oxygen atoms in total. The molecule has 0 fully saturated rings. The minimum absolute atomic E-state index is 0.137. The maximum absolute atomic E-state index is 8.79. The van der Waals surface area contributed by atoms with Crippen molar-refractivity contribution in [3.8, 4) is 6.07 Å². The molecule has 2 aromatic rings. The van der Waals surface area contributed by atoms with Crippen molar-refractivity contribution >= 4 is 39.0 Å². The predicted molar refractivity (Wildman–Crippen MR) is 102 cm³/mol. The third kappa shape index (κ3) is 3.78. The molecule has 1 aliphatic rings. The van der Waals surface area contributed by atoms with Gasteiger partial charge in [0, 0.05) is 22.4 Å². The lowest BCUT2D eigenvalue weighted by atomic mass is 10.1. The third-order valence-corrected chi connectivity index (χ3v) is 6.13. The minimum atomic E-state index is -0.137. The van der Waals surface area contributed by atoms with Gasteiger partial charge in [-0.1, -0.05) is 12.2 Å². The second kappa shape index (κ2) is 7.79. The molecule has 3 N–H and O–H groups in total. The van der Waals surface area contributed by atoms with E-state index in [9.17, 15) is 0 Å². The zero-order valence-corrected chi connectivity index (χ0v) is 15.1. The highest BCUT2D eigenvalue weighted by Gasteiger charge is 2.16. The molecule has 3 heterocycles. The zero-order chi connectivity index (χ0) is 16.9. The molecule has 0 aliphatic carbocycles. The summed E-state index contributed by atoms with van der Waals surface area (Å²) in [4.78, 5) is 2.50. The van der Waals surface area contributed by atoms with E-state index in [2.05, 4.69) is 46.1 Å². The molecule has 0 aromatic carbocycles. The van der Waals surface area contributed by atoms with Crippen molar-refractivity contribution in [3.63, 3.8) is 0 Å². The first kappa shape index (κ1) is 17.0. The van der Waals surface area contributed by atoms with Gasteiger partial charge in [0.1, 0.15) is 5.52 Å². The molecule has 7 heteroatoms. The molecule has 124 valence electrons. The number of hydrogen-bond donors (Lipinski definition) is 2. The van der Waals surface area contributed by atoms with Crippen LogP contribution in [-0.2, 0) is 6.42 Å². The van der Waals surface area contributed by atoms with Crippen LogP contribution in [0.15, 0.2) is 28.7 Å². The number of nitrogens with two attached hydrogens (primary N) is 1. The summed E-state index contributed by atoms with van der Waals surface area (Å²) in [6.07, 6.45) is 8.22. The van der Waals surface area contributed by atoms with E-state index in [0.717, 1.165) is 34.4 Å². The number of thioether (sulfide) groups is 1. The third-order valence-electron chi connectivity index (χ3n) is 3.85. The number of allylic oxidation sites excluding steroid dienone is 2. The van der Waals surface area contributed by atoms with Crippen molar-refractivity contribution in [2.75, 3.05) is 11.9 Å². The molecule has 1 atom stereocenters. The van der Waals surface area contributed by atoms with Gasteiger partial charge in [-0.25, -0.2) is 0 Å². The smallest absolute Gasteiger partial charge is 0.109 e. The molecule has 24 heavy (non-hydrogen) atoms. The number of aromatic nitrogens is 2. The Labute approximate surface area is 149 Å². The zero-order valence-electron chi connectivity index (χ0n) is 13.5. The van der Waals surface area contributed by atoms with Gasteiger partial charge in [0.05, 0.1) is 29.1 Å². The first-order valence-electron chi connectivity index (χ1n) is 7.79. The Morgan fingerprint density at radius 2 is 2.38 bits per heavy atom. The molecule has 0 radical (unpaired) electrons. The molecule has 0 bridgehead atoms. The van der Waals surface area contributed by atoms with Crippen molar-refractivity contribution in [1.29, 1.82) is 5.26 Å². The van der Waals surface area contributed by atoms with Crippen LogP contribution in [0.4, 0.5) is 5.69 Å². The van der Waals surface area contributed by atoms with E-state index in [1.54, 1.807) is 29.3 Å². The van der Waals surface area contributed by atoms with Gasteiger partial charge in [-0.3, -0.25) is 0 Å². The predicted octanol–water partition coefficient (Wildman–Crippen LogP) is 3.73. The average Bonchev–Trinajstić information content (AvgIpc) is 2.91. The molecular weight excluding hydrogens is 338 g/mol. The molecule has 1 aliphatic heterocycles. The summed E-state index contributed by atoms with van der Waals surface area (Å²) >= 11 is 3.45. The Hall–Kier alpha value is -1.88. The monoisotopic (exact) mass is 357 g/mol. The summed E-state index contributed by atoms with van der Waals surface area (Å²) in [5.41, 5.74) is 9.07. The number of nitrogens with zero attached hydrogens (tertiary/aromatic N) is 3. The number of thiophene rings is 1. The molecule has 0 unspecified atom stereocenters. The highest BCUT2D eigenvalue weighted by atomic mass is 32.2. The normalized spacial score (nSPS) is 15.1. The van der Waals surface area contributed by atoms with E-state index in [1.165, 1.54) is 9.78 Å². The lowest BCUT2D eigenvalue weighted by Gasteiger charge is -2.10. The quantitative estimate of drug-likeness (QED) is 0.819. The maximum atomic E-state index is 8.79. The Bertz CT molecular complexity index is 831. The lowest BCUT2D eigenvalue weighted by molar-refractivity contribution is 0.690. The largest absolute Gasteiger partial charge is 0.378 e. The van der Waals surface area contributed by atoms with E-state index in [1.807, 2.05) is 0 Å². The van der Waals surface area contributed by atoms with Crippen molar-refractivity contribution in [3.05, 3.63) is 39.1 Å². The molecule has 0 amide bonds. The number of nitriles is 1. The van der Waals surface area contributed by atoms with Gasteiger partial charge in [0.25, 0.3) is 0 Å². The Morgan fingerprint density at radius 3 is 3.12 bits per heavy atom. The van der Waals surface area contributed by atoms with E-state index in [-0.39, 0.29) is 6.04 Å². The fourth-order valence-corrected chi connectivity index (χ4v) is 4.59. The van der Waals surface area contributed by atoms with Crippen LogP contribution in [-0.4, -0.2) is 22.8 Å². The van der Waals surface area contributed by atoms with Crippen LogP contribution in [0, 0.1) is 18.3 Å². The highest BCUT2D eigenvalue weighted by molar-refractivity contribution is 8.05. The second-order valence-corrected chi connectivity index (χ2v) is 7.80. The second-order valence-electron chi connectivity index (χ2n) is 5.66. The lowest BCUT2D eigenvalue weighted by Crippen LogP contribution is -2.21. The van der Waals surface area contributed by atoms with Crippen LogP contribution < -0.4 is 11.1 Å². The number of nitrogens with one attached hydrogen (secondary N) is 1. The topological polar surface area (TPSA) is 87.6 Å². The van der Waals surface area contributed by atoms with Crippen molar-refractivity contribution in [1.82, 2.24) is 10.2 Å². The molecule has 3 rings (SSSR count). The first-order valence-corrected chi connectivity index (χ1v) is 9.49. The Kier molecular flexibility index (Phi) is 5.51. The van der Waals surface area contributed by atoms with Crippen LogP contribution in [0.1, 0.15) is 23.3 Å². The fourth-order valence-electron chi connectivity index (χ4n) is 2.54. The summed E-state index contributed by atoms with van der Waals surface area (Å²) in [5.74, 6) is 0. The van der Waals surface area contributed by atoms with Gasteiger partial charge in [-0.2, -0.15) is 10.4 Å². The number of aryl methyl sites for hydroxylation is 1. The highest BCUT2D eigenvalue weighted by Crippen LogP contribution is 2.35. The van der Waals surface area contributed by atoms with Crippen molar-refractivity contribution in [2.45, 2.75) is 32.2 Å². The number of fused-ring (bicyclic) bond motifs is 1. The minimum Gasteiger partial charge on any atom is -0.378 e. The van der Waals surface area contributed by atoms with Crippen LogP contribution in [0.2, 0.25) is 0 Å². The average molecular weight is 358 g/mol. The Morgan fingerprint density at radius 1 is 1.50 bits per heavy atom. The summed E-state index contributed by atoms with van der Waals surface area (Å²) in [6.45, 7) is 2.84. The number of hydrogen-bond acceptors (Lipinski definition) is 7. The van der Waals surface area contributed by atoms with Gasteiger partial charge < -0.3 is 11.1 Å². The van der Waals surface area contributed by atoms with Gasteiger partial charge >= 0.3 is 0 Å². The molecule has 0 saturated carbocycles. The number of anilines is 1. The van der Waals surface area contributed by atoms with Gasteiger partial charge in [-0.05, 0) is 30.7 Å². The fraction of sp³-hybridized carbons (Fsp3) is 0.353. The molecular formula is C17H19N5S2. The molecule has 2 aromatic heterocycles. The Balaban J connectivity index is 1.81. The first-order chi connectivity index (χ1) is 11.7. The molecule has 0 saturated heterocycles. The van der Waals surface area contributed by atoms with Gasteiger partial charge in [-0.15, -0.1) is 28.2 Å². The summed E-state index contributed by atoms with van der Waals surface area (Å²) < 4.78 is 1.11.